The molecule has 2 rings (SSSR count). The highest BCUT2D eigenvalue weighted by atomic mass is 32.2. The van der Waals surface area contributed by atoms with Crippen molar-refractivity contribution in [3.8, 4) is 0 Å². The topological polar surface area (TPSA) is 91.8 Å². The number of nitrogens with zero attached hydrogens (tertiary/aromatic N) is 1. The van der Waals surface area contributed by atoms with Gasteiger partial charge in [0.1, 0.15) is 0 Å². The Labute approximate surface area is 169 Å². The van der Waals surface area contributed by atoms with E-state index in [4.69, 9.17) is 4.74 Å². The lowest BCUT2D eigenvalue weighted by Crippen LogP contribution is -2.37. The number of nitrogens with one attached hydrogen (secondary N) is 3. The number of hydrogen-bond acceptors (Lipinski definition) is 4. The Morgan fingerprint density at radius 2 is 1.93 bits per heavy atom. The average molecular weight is 411 g/mol. The monoisotopic (exact) mass is 410 g/mol. The lowest BCUT2D eigenvalue weighted by atomic mass is 9.98. The number of ether oxygens (including phenoxy) is 1. The summed E-state index contributed by atoms with van der Waals surface area (Å²) in [6.45, 7) is 2.15. The number of rotatable bonds is 10. The van der Waals surface area contributed by atoms with Gasteiger partial charge >= 0.3 is 0 Å². The first kappa shape index (κ1) is 22.6. The number of guanidine groups is 1. The molecule has 0 unspecified atom stereocenters. The van der Waals surface area contributed by atoms with E-state index in [1.165, 1.54) is 39.2 Å². The highest BCUT2D eigenvalue weighted by Gasteiger charge is 2.13. The van der Waals surface area contributed by atoms with E-state index in [1.54, 1.807) is 7.05 Å². The van der Waals surface area contributed by atoms with Gasteiger partial charge in [-0.15, -0.1) is 0 Å². The van der Waals surface area contributed by atoms with E-state index in [9.17, 15) is 8.42 Å². The smallest absolute Gasteiger partial charge is 0.215 e. The minimum atomic E-state index is -3.27. The number of aliphatic imine (C=N–C) groups is 1. The van der Waals surface area contributed by atoms with E-state index < -0.39 is 10.0 Å². The zero-order chi connectivity index (χ0) is 20.2. The molecule has 1 saturated carbocycles. The van der Waals surface area contributed by atoms with Gasteiger partial charge in [0.25, 0.3) is 0 Å². The van der Waals surface area contributed by atoms with Gasteiger partial charge < -0.3 is 15.4 Å². The minimum absolute atomic E-state index is 0.0225. The van der Waals surface area contributed by atoms with Crippen LogP contribution in [-0.2, 0) is 27.1 Å². The molecule has 1 aliphatic carbocycles. The van der Waals surface area contributed by atoms with Crippen molar-refractivity contribution >= 4 is 16.0 Å². The molecule has 1 aromatic carbocycles. The summed E-state index contributed by atoms with van der Waals surface area (Å²) >= 11 is 0. The third kappa shape index (κ3) is 8.58. The first-order valence-corrected chi connectivity index (χ1v) is 11.7. The van der Waals surface area contributed by atoms with Crippen LogP contribution in [0.2, 0.25) is 0 Å². The molecule has 3 N–H and O–H groups in total. The zero-order valence-electron chi connectivity index (χ0n) is 17.0. The van der Waals surface area contributed by atoms with E-state index in [0.717, 1.165) is 36.7 Å². The van der Waals surface area contributed by atoms with Crippen LogP contribution in [0.1, 0.15) is 49.7 Å². The summed E-state index contributed by atoms with van der Waals surface area (Å²) in [5, 5.41) is 6.56. The molecule has 0 aromatic heterocycles. The molecule has 0 spiro atoms. The molecule has 0 heterocycles. The third-order valence-corrected chi connectivity index (χ3v) is 6.20. The maximum atomic E-state index is 11.7. The van der Waals surface area contributed by atoms with E-state index >= 15 is 0 Å². The normalized spacial score (nSPS) is 16.1. The van der Waals surface area contributed by atoms with Crippen molar-refractivity contribution in [1.82, 2.24) is 15.4 Å². The van der Waals surface area contributed by atoms with Crippen LogP contribution in [0, 0.1) is 0 Å². The summed E-state index contributed by atoms with van der Waals surface area (Å²) < 4.78 is 31.7. The molecule has 1 fully saturated rings. The predicted molar refractivity (Wildman–Crippen MR) is 114 cm³/mol. The lowest BCUT2D eigenvalue weighted by molar-refractivity contribution is 0.0277. The molecule has 158 valence electrons. The fourth-order valence-corrected chi connectivity index (χ4v) is 4.05. The summed E-state index contributed by atoms with van der Waals surface area (Å²) in [5.41, 5.74) is 1.77. The highest BCUT2D eigenvalue weighted by Crippen LogP contribution is 2.20. The summed E-state index contributed by atoms with van der Waals surface area (Å²) in [7, 11) is -0.102. The van der Waals surface area contributed by atoms with Crippen LogP contribution in [0.5, 0.6) is 0 Å². The molecule has 28 heavy (non-hydrogen) atoms. The number of benzene rings is 1. The molecular weight excluding hydrogens is 376 g/mol. The Bertz CT molecular complexity index is 716. The summed E-state index contributed by atoms with van der Waals surface area (Å²) in [6, 6.07) is 7.55. The van der Waals surface area contributed by atoms with Crippen LogP contribution in [0.15, 0.2) is 29.3 Å². The van der Waals surface area contributed by atoms with Gasteiger partial charge in [0.2, 0.25) is 10.0 Å². The van der Waals surface area contributed by atoms with Crippen LogP contribution in [0.25, 0.3) is 0 Å². The molecule has 8 heteroatoms. The van der Waals surface area contributed by atoms with Gasteiger partial charge in [-0.2, -0.15) is 0 Å². The molecule has 0 radical (unpaired) electrons. The maximum absolute atomic E-state index is 11.7. The van der Waals surface area contributed by atoms with Gasteiger partial charge in [-0.3, -0.25) is 4.99 Å². The molecule has 0 aliphatic heterocycles. The molecule has 0 amide bonds. The minimum Gasteiger partial charge on any atom is -0.378 e. The van der Waals surface area contributed by atoms with Crippen molar-refractivity contribution in [3.05, 3.63) is 35.4 Å². The standard InChI is InChI=1S/C20H34N4O3S/c1-21-20(23-12-7-13-27-19-10-4-3-5-11-19)24-15-17-8-6-9-18(14-17)16-28(25,26)22-2/h6,8-9,14,19,22H,3-5,7,10-13,15-16H2,1-2H3,(H2,21,23,24). The van der Waals surface area contributed by atoms with E-state index in [1.807, 2.05) is 24.3 Å². The molecule has 1 aromatic rings. The van der Waals surface area contributed by atoms with Crippen molar-refractivity contribution in [2.24, 2.45) is 4.99 Å². The van der Waals surface area contributed by atoms with E-state index in [-0.39, 0.29) is 5.75 Å². The van der Waals surface area contributed by atoms with E-state index in [0.29, 0.717) is 12.6 Å². The molecule has 0 saturated heterocycles. The Hall–Kier alpha value is -1.64. The number of sulfonamides is 1. The predicted octanol–water partition coefficient (Wildman–Crippen LogP) is 2.14. The fourth-order valence-electron chi connectivity index (χ4n) is 3.29. The first-order chi connectivity index (χ1) is 13.5. The number of hydrogen-bond donors (Lipinski definition) is 3. The maximum Gasteiger partial charge on any atom is 0.215 e. The average Bonchev–Trinajstić information content (AvgIpc) is 2.71. The molecule has 1 aliphatic rings. The highest BCUT2D eigenvalue weighted by molar-refractivity contribution is 7.88. The molecule has 7 nitrogen and oxygen atoms in total. The van der Waals surface area contributed by atoms with Crippen molar-refractivity contribution in [1.29, 1.82) is 0 Å². The van der Waals surface area contributed by atoms with E-state index in [2.05, 4.69) is 20.3 Å². The fraction of sp³-hybridized carbons (Fsp3) is 0.650. The zero-order valence-corrected chi connectivity index (χ0v) is 17.9. The Kier molecular flexibility index (Phi) is 9.73. The van der Waals surface area contributed by atoms with Gasteiger partial charge in [0, 0.05) is 26.7 Å². The van der Waals surface area contributed by atoms with Gasteiger partial charge in [-0.25, -0.2) is 13.1 Å². The van der Waals surface area contributed by atoms with Crippen LogP contribution < -0.4 is 15.4 Å². The van der Waals surface area contributed by atoms with Crippen LogP contribution in [-0.4, -0.2) is 47.7 Å². The SMILES string of the molecule is CN=C(NCCCOC1CCCCC1)NCc1cccc(CS(=O)(=O)NC)c1. The summed E-state index contributed by atoms with van der Waals surface area (Å²) in [6.07, 6.45) is 7.72. The van der Waals surface area contributed by atoms with Gasteiger partial charge in [-0.1, -0.05) is 43.5 Å². The lowest BCUT2D eigenvalue weighted by Gasteiger charge is -2.22. The Morgan fingerprint density at radius 3 is 2.64 bits per heavy atom. The van der Waals surface area contributed by atoms with Crippen molar-refractivity contribution in [2.75, 3.05) is 27.2 Å². The largest absolute Gasteiger partial charge is 0.378 e. The molecular formula is C20H34N4O3S. The molecule has 0 bridgehead atoms. The van der Waals surface area contributed by atoms with Crippen molar-refractivity contribution in [3.63, 3.8) is 0 Å². The second-order valence-electron chi connectivity index (χ2n) is 7.12. The summed E-state index contributed by atoms with van der Waals surface area (Å²) in [4.78, 5) is 4.23. The quantitative estimate of drug-likeness (QED) is 0.312. The third-order valence-electron chi connectivity index (χ3n) is 4.86. The second-order valence-corrected chi connectivity index (χ2v) is 9.05. The van der Waals surface area contributed by atoms with Gasteiger partial charge in [-0.05, 0) is 37.4 Å². The van der Waals surface area contributed by atoms with Crippen LogP contribution >= 0.6 is 0 Å². The van der Waals surface area contributed by atoms with Crippen molar-refractivity contribution < 1.29 is 13.2 Å². The van der Waals surface area contributed by atoms with Gasteiger partial charge in [0.15, 0.2) is 5.96 Å². The van der Waals surface area contributed by atoms with Crippen molar-refractivity contribution in [2.45, 2.75) is 56.9 Å². The van der Waals surface area contributed by atoms with Crippen LogP contribution in [0.4, 0.5) is 0 Å². The summed E-state index contributed by atoms with van der Waals surface area (Å²) in [5.74, 6) is 0.705. The molecule has 0 atom stereocenters. The van der Waals surface area contributed by atoms with Gasteiger partial charge in [0.05, 0.1) is 11.9 Å². The first-order valence-electron chi connectivity index (χ1n) is 10.1. The van der Waals surface area contributed by atoms with Crippen LogP contribution in [0.3, 0.4) is 0 Å². The second kappa shape index (κ2) is 12.0. The Morgan fingerprint density at radius 1 is 1.18 bits per heavy atom. The Balaban J connectivity index is 1.68.